The van der Waals surface area contributed by atoms with Crippen LogP contribution in [0.4, 0.5) is 14.5 Å². The van der Waals surface area contributed by atoms with Crippen molar-refractivity contribution in [1.82, 2.24) is 9.97 Å². The summed E-state index contributed by atoms with van der Waals surface area (Å²) in [4.78, 5) is 7.44. The van der Waals surface area contributed by atoms with Crippen molar-refractivity contribution in [3.8, 4) is 6.01 Å². The number of hydrogen-bond donors (Lipinski definition) is 3. The molecule has 0 bridgehead atoms. The Morgan fingerprint density at radius 1 is 1.20 bits per heavy atom. The number of imidazole rings is 1. The van der Waals surface area contributed by atoms with Gasteiger partial charge < -0.3 is 29.6 Å². The maximum absolute atomic E-state index is 13.8. The number of fused-ring (bicyclic) bond motifs is 2. The van der Waals surface area contributed by atoms with E-state index < -0.39 is 29.9 Å². The van der Waals surface area contributed by atoms with Gasteiger partial charge >= 0.3 is 0 Å². The Morgan fingerprint density at radius 3 is 2.77 bits per heavy atom. The Hall–Kier alpha value is -2.46. The zero-order valence-corrected chi connectivity index (χ0v) is 16.3. The van der Waals surface area contributed by atoms with Gasteiger partial charge in [0.25, 0.3) is 6.01 Å². The van der Waals surface area contributed by atoms with E-state index in [1.807, 2.05) is 0 Å². The van der Waals surface area contributed by atoms with E-state index >= 15 is 0 Å². The first-order valence-electron chi connectivity index (χ1n) is 9.43. The SMILES string of the molecule is O[C@@H]1CO[C@H]2[C@@H]1OC[C@H]2Oc1nc2cc(NCc3c(F)cccc3F)c(Cl)cc2[nH]1. The summed E-state index contributed by atoms with van der Waals surface area (Å²) in [5.74, 6) is -1.27. The van der Waals surface area contributed by atoms with Gasteiger partial charge in [0.2, 0.25) is 0 Å². The molecule has 3 aromatic rings. The van der Waals surface area contributed by atoms with Crippen LogP contribution in [0.25, 0.3) is 11.0 Å². The van der Waals surface area contributed by atoms with E-state index in [-0.39, 0.29) is 37.4 Å². The second-order valence-electron chi connectivity index (χ2n) is 7.26. The van der Waals surface area contributed by atoms with E-state index in [2.05, 4.69) is 15.3 Å². The van der Waals surface area contributed by atoms with Crippen LogP contribution in [0.2, 0.25) is 5.02 Å². The number of aliphatic hydroxyl groups excluding tert-OH is 1. The number of rotatable bonds is 5. The summed E-state index contributed by atoms with van der Waals surface area (Å²) < 4.78 is 44.6. The van der Waals surface area contributed by atoms with Gasteiger partial charge in [-0.1, -0.05) is 17.7 Å². The largest absolute Gasteiger partial charge is 0.456 e. The number of nitrogens with zero attached hydrogens (tertiary/aromatic N) is 1. The van der Waals surface area contributed by atoms with Gasteiger partial charge in [0.15, 0.2) is 6.10 Å². The Morgan fingerprint density at radius 2 is 1.97 bits per heavy atom. The molecule has 7 nitrogen and oxygen atoms in total. The molecule has 0 amide bonds. The quantitative estimate of drug-likeness (QED) is 0.568. The topological polar surface area (TPSA) is 88.6 Å². The van der Waals surface area contributed by atoms with Crippen LogP contribution in [0.3, 0.4) is 0 Å². The second-order valence-corrected chi connectivity index (χ2v) is 7.67. The van der Waals surface area contributed by atoms with Crippen LogP contribution in [-0.2, 0) is 16.0 Å². The molecule has 0 unspecified atom stereocenters. The molecular weight excluding hydrogens is 420 g/mol. The fourth-order valence-electron chi connectivity index (χ4n) is 3.77. The molecule has 0 saturated carbocycles. The van der Waals surface area contributed by atoms with Crippen molar-refractivity contribution in [2.24, 2.45) is 0 Å². The lowest BCUT2D eigenvalue weighted by molar-refractivity contribution is 0.00706. The molecule has 2 fully saturated rings. The lowest BCUT2D eigenvalue weighted by atomic mass is 10.1. The highest BCUT2D eigenvalue weighted by molar-refractivity contribution is 6.34. The number of nitrogens with one attached hydrogen (secondary N) is 2. The maximum atomic E-state index is 13.8. The molecular formula is C20H18ClF2N3O4. The highest BCUT2D eigenvalue weighted by Crippen LogP contribution is 2.32. The van der Waals surface area contributed by atoms with E-state index in [0.717, 1.165) is 0 Å². The molecule has 3 N–H and O–H groups in total. The van der Waals surface area contributed by atoms with Gasteiger partial charge in [-0.3, -0.25) is 0 Å². The standard InChI is InChI=1S/C20H18ClF2N3O4/c21-10-4-14-15(5-13(10)24-6-9-11(22)2-1-3-12(9)23)26-20(25-14)30-17-8-29-18-16(27)7-28-19(17)18/h1-5,16-19,24,27H,6-8H2,(H,25,26)/t16-,17-,18-,19-/m1/s1. The van der Waals surface area contributed by atoms with Gasteiger partial charge in [0.1, 0.15) is 29.9 Å². The van der Waals surface area contributed by atoms with Gasteiger partial charge in [-0.15, -0.1) is 0 Å². The minimum Gasteiger partial charge on any atom is -0.456 e. The average Bonchev–Trinajstić information content (AvgIpc) is 3.39. The molecule has 0 spiro atoms. The number of benzene rings is 2. The van der Waals surface area contributed by atoms with Crippen LogP contribution in [0.1, 0.15) is 5.56 Å². The predicted molar refractivity (Wildman–Crippen MR) is 105 cm³/mol. The van der Waals surface area contributed by atoms with Gasteiger partial charge in [-0.05, 0) is 24.3 Å². The molecule has 4 atom stereocenters. The summed E-state index contributed by atoms with van der Waals surface area (Å²) >= 11 is 6.31. The zero-order chi connectivity index (χ0) is 20.8. The molecule has 2 aliphatic rings. The molecule has 1 aromatic heterocycles. The van der Waals surface area contributed by atoms with Crippen LogP contribution in [0.15, 0.2) is 30.3 Å². The molecule has 2 saturated heterocycles. The minimum atomic E-state index is -0.661. The van der Waals surface area contributed by atoms with E-state index in [0.29, 0.717) is 21.7 Å². The lowest BCUT2D eigenvalue weighted by Gasteiger charge is -2.15. The molecule has 0 radical (unpaired) electrons. The summed E-state index contributed by atoms with van der Waals surface area (Å²) in [5.41, 5.74) is 1.61. The first kappa shape index (κ1) is 19.5. The van der Waals surface area contributed by atoms with Gasteiger partial charge in [0, 0.05) is 12.1 Å². The summed E-state index contributed by atoms with van der Waals surface area (Å²) in [6.07, 6.45) is -1.82. The van der Waals surface area contributed by atoms with E-state index in [1.165, 1.54) is 18.2 Å². The molecule has 30 heavy (non-hydrogen) atoms. The summed E-state index contributed by atoms with van der Waals surface area (Å²) in [6.45, 7) is 0.424. The number of aromatic amines is 1. The molecule has 2 aliphatic heterocycles. The number of ether oxygens (including phenoxy) is 3. The van der Waals surface area contributed by atoms with Crippen LogP contribution in [0, 0.1) is 11.6 Å². The van der Waals surface area contributed by atoms with Crippen molar-refractivity contribution in [2.75, 3.05) is 18.5 Å². The van der Waals surface area contributed by atoms with Crippen molar-refractivity contribution in [1.29, 1.82) is 0 Å². The first-order valence-corrected chi connectivity index (χ1v) is 9.81. The zero-order valence-electron chi connectivity index (χ0n) is 15.6. The Kier molecular flexibility index (Phi) is 4.98. The van der Waals surface area contributed by atoms with E-state index in [4.69, 9.17) is 25.8 Å². The lowest BCUT2D eigenvalue weighted by Crippen LogP contribution is -2.34. The van der Waals surface area contributed by atoms with Crippen molar-refractivity contribution in [3.05, 3.63) is 52.6 Å². The minimum absolute atomic E-state index is 0.0698. The van der Waals surface area contributed by atoms with Crippen molar-refractivity contribution < 1.29 is 28.1 Å². The highest BCUT2D eigenvalue weighted by Gasteiger charge is 2.48. The second kappa shape index (κ2) is 7.66. The Bertz CT molecular complexity index is 1080. The number of halogens is 3. The van der Waals surface area contributed by atoms with Gasteiger partial charge in [-0.25, -0.2) is 8.78 Å². The fourth-order valence-corrected chi connectivity index (χ4v) is 4.00. The van der Waals surface area contributed by atoms with Crippen LogP contribution in [-0.4, -0.2) is 52.7 Å². The third-order valence-corrected chi connectivity index (χ3v) is 5.62. The summed E-state index contributed by atoms with van der Waals surface area (Å²) in [7, 11) is 0. The molecule has 158 valence electrons. The van der Waals surface area contributed by atoms with Gasteiger partial charge in [-0.2, -0.15) is 4.98 Å². The average molecular weight is 438 g/mol. The third-order valence-electron chi connectivity index (χ3n) is 5.31. The predicted octanol–water partition coefficient (Wildman–Crippen LogP) is 3.01. The van der Waals surface area contributed by atoms with Crippen molar-refractivity contribution in [2.45, 2.75) is 31.0 Å². The molecule has 0 aliphatic carbocycles. The van der Waals surface area contributed by atoms with Crippen molar-refractivity contribution in [3.63, 3.8) is 0 Å². The van der Waals surface area contributed by atoms with Crippen molar-refractivity contribution >= 4 is 28.3 Å². The molecule has 3 heterocycles. The van der Waals surface area contributed by atoms with E-state index in [9.17, 15) is 13.9 Å². The summed E-state index contributed by atoms with van der Waals surface area (Å²) in [6, 6.07) is 7.30. The molecule has 2 aromatic carbocycles. The number of aliphatic hydroxyl groups is 1. The molecule has 10 heteroatoms. The Balaban J connectivity index is 1.33. The number of aromatic nitrogens is 2. The smallest absolute Gasteiger partial charge is 0.295 e. The Labute approximate surface area is 174 Å². The number of H-pyrrole nitrogens is 1. The van der Waals surface area contributed by atoms with E-state index in [1.54, 1.807) is 12.1 Å². The first-order chi connectivity index (χ1) is 14.5. The number of anilines is 1. The fraction of sp³-hybridized carbons (Fsp3) is 0.350. The molecule has 5 rings (SSSR count). The highest BCUT2D eigenvalue weighted by atomic mass is 35.5. The monoisotopic (exact) mass is 437 g/mol. The van der Waals surface area contributed by atoms with Crippen LogP contribution in [0.5, 0.6) is 6.01 Å². The normalized spacial score (nSPS) is 25.6. The maximum Gasteiger partial charge on any atom is 0.295 e. The van der Waals surface area contributed by atoms with Gasteiger partial charge in [0.05, 0.1) is 35.0 Å². The van der Waals surface area contributed by atoms with Crippen LogP contribution >= 0.6 is 11.6 Å². The summed E-state index contributed by atoms with van der Waals surface area (Å²) in [5, 5.41) is 13.1. The number of hydrogen-bond acceptors (Lipinski definition) is 6. The third kappa shape index (κ3) is 3.47. The van der Waals surface area contributed by atoms with Crippen LogP contribution < -0.4 is 10.1 Å².